The number of imidazole rings is 1. The van der Waals surface area contributed by atoms with Crippen LogP contribution in [0.25, 0.3) is 39.5 Å². The second-order valence-corrected chi connectivity index (χ2v) is 12.8. The second-order valence-electron chi connectivity index (χ2n) is 12.8. The summed E-state index contributed by atoms with van der Waals surface area (Å²) in [5, 5.41) is 12.7. The Balaban J connectivity index is 0.00000220. The van der Waals surface area contributed by atoms with Crippen molar-refractivity contribution < 1.29 is 14.7 Å². The van der Waals surface area contributed by atoms with E-state index in [-0.39, 0.29) is 11.2 Å². The average molecular weight is 682 g/mol. The fourth-order valence-corrected chi connectivity index (χ4v) is 6.88. The number of phenolic OH excluding ortho intramolecular Hbond substituents is 1. The Hall–Kier alpha value is -5.87. The first kappa shape index (κ1) is 35.0. The molecule has 1 aliphatic rings. The molecule has 260 valence electrons. The molecule has 7 rings (SSSR count). The number of aryl methyl sites for hydroxylation is 1. The lowest BCUT2D eigenvalue weighted by Gasteiger charge is -2.51. The number of hydrogen-bond donors (Lipinski definition) is 3. The summed E-state index contributed by atoms with van der Waals surface area (Å²) in [7, 11) is 0. The number of nitrogens with zero attached hydrogens (tertiary/aromatic N) is 5. The van der Waals surface area contributed by atoms with Crippen LogP contribution in [-0.2, 0) is 17.8 Å². The zero-order chi connectivity index (χ0) is 35.8. The molecule has 3 aromatic carbocycles. The number of carbonyl (C=O) groups excluding carboxylic acids is 2. The summed E-state index contributed by atoms with van der Waals surface area (Å²) in [4.78, 5) is 39.1. The van der Waals surface area contributed by atoms with Crippen LogP contribution in [0.2, 0.25) is 0 Å². The number of nitrogens with one attached hydrogen (secondary N) is 1. The molecule has 0 bridgehead atoms. The van der Waals surface area contributed by atoms with Gasteiger partial charge in [-0.2, -0.15) is 0 Å². The van der Waals surface area contributed by atoms with Crippen molar-refractivity contribution in [2.24, 2.45) is 5.41 Å². The Morgan fingerprint density at radius 3 is 2.37 bits per heavy atom. The van der Waals surface area contributed by atoms with Gasteiger partial charge in [-0.25, -0.2) is 15.0 Å². The van der Waals surface area contributed by atoms with Crippen molar-refractivity contribution >= 4 is 29.7 Å². The molecule has 4 N–H and O–H groups in total. The van der Waals surface area contributed by atoms with Gasteiger partial charge in [-0.3, -0.25) is 19.1 Å². The lowest BCUT2D eigenvalue weighted by atomic mass is 9.72. The van der Waals surface area contributed by atoms with Crippen LogP contribution >= 0.6 is 0 Å². The van der Waals surface area contributed by atoms with E-state index in [0.29, 0.717) is 30.0 Å². The van der Waals surface area contributed by atoms with E-state index in [1.165, 1.54) is 5.56 Å². The van der Waals surface area contributed by atoms with Gasteiger partial charge in [-0.15, -0.1) is 0 Å². The molecule has 4 heterocycles. The van der Waals surface area contributed by atoms with Crippen LogP contribution in [0.4, 0.5) is 5.82 Å². The number of benzene rings is 3. The Labute approximate surface area is 298 Å². The van der Waals surface area contributed by atoms with E-state index in [9.17, 15) is 14.7 Å². The lowest BCUT2D eigenvalue weighted by Crippen LogP contribution is -2.56. The third-order valence-electron chi connectivity index (χ3n) is 9.42. The number of pyridine rings is 2. The number of aromatic nitrogens is 4. The molecule has 1 aliphatic heterocycles. The maximum absolute atomic E-state index is 11.3. The normalized spacial score (nSPS) is 13.5. The lowest BCUT2D eigenvalue weighted by molar-refractivity contribution is -0.109. The van der Waals surface area contributed by atoms with Gasteiger partial charge in [-0.05, 0) is 84.3 Å². The highest BCUT2D eigenvalue weighted by Gasteiger charge is 2.41. The Morgan fingerprint density at radius 1 is 0.882 bits per heavy atom. The molecule has 0 radical (unpaired) electrons. The number of likely N-dealkylation sites (tertiary alicyclic amines) is 1. The maximum Gasteiger partial charge on any atom is 0.207 e. The van der Waals surface area contributed by atoms with Crippen molar-refractivity contribution in [3.8, 4) is 34.1 Å². The molecule has 10 nitrogen and oxygen atoms in total. The number of hydrogen-bond acceptors (Lipinski definition) is 8. The molecular formula is C41H43N7O3. The van der Waals surface area contributed by atoms with E-state index >= 15 is 0 Å². The van der Waals surface area contributed by atoms with E-state index in [2.05, 4.69) is 39.5 Å². The van der Waals surface area contributed by atoms with Crippen molar-refractivity contribution in [1.82, 2.24) is 29.7 Å². The molecule has 0 saturated carbocycles. The van der Waals surface area contributed by atoms with Gasteiger partial charge in [0, 0.05) is 43.6 Å². The molecule has 6 aromatic rings. The van der Waals surface area contributed by atoms with E-state index in [0.717, 1.165) is 84.5 Å². The van der Waals surface area contributed by atoms with Gasteiger partial charge < -0.3 is 16.2 Å². The number of fused-ring (bicyclic) bond motifs is 1. The van der Waals surface area contributed by atoms with Crippen LogP contribution < -0.4 is 11.1 Å². The topological polar surface area (TPSA) is 139 Å². The highest BCUT2D eigenvalue weighted by molar-refractivity contribution is 5.84. The fraction of sp³-hybridized carbons (Fsp3) is 0.244. The molecule has 1 amide bonds. The molecule has 0 atom stereocenters. The molecule has 0 aliphatic carbocycles. The predicted octanol–water partition coefficient (Wildman–Crippen LogP) is 6.85. The molecule has 51 heavy (non-hydrogen) atoms. The summed E-state index contributed by atoms with van der Waals surface area (Å²) in [6.07, 6.45) is 5.67. The van der Waals surface area contributed by atoms with Crippen LogP contribution in [0.15, 0.2) is 103 Å². The van der Waals surface area contributed by atoms with Crippen LogP contribution in [0, 0.1) is 5.41 Å². The van der Waals surface area contributed by atoms with Crippen molar-refractivity contribution in [3.05, 3.63) is 120 Å². The van der Waals surface area contributed by atoms with Crippen molar-refractivity contribution in [2.75, 3.05) is 25.4 Å². The van der Waals surface area contributed by atoms with Gasteiger partial charge in [0.1, 0.15) is 17.1 Å². The largest absolute Gasteiger partial charge is 0.507 e. The van der Waals surface area contributed by atoms with E-state index in [1.807, 2.05) is 79.1 Å². The quantitative estimate of drug-likeness (QED) is 0.0889. The monoisotopic (exact) mass is 681 g/mol. The maximum atomic E-state index is 11.3. The van der Waals surface area contributed by atoms with Gasteiger partial charge in [0.15, 0.2) is 17.8 Å². The smallest absolute Gasteiger partial charge is 0.207 e. The van der Waals surface area contributed by atoms with Gasteiger partial charge in [0.2, 0.25) is 6.41 Å². The highest BCUT2D eigenvalue weighted by atomic mass is 16.3. The summed E-state index contributed by atoms with van der Waals surface area (Å²) in [6, 6.07) is 31.5. The summed E-state index contributed by atoms with van der Waals surface area (Å²) in [6.45, 7) is 7.21. The first-order chi connectivity index (χ1) is 24.9. The number of aromatic hydroxyl groups is 1. The molecule has 1 fully saturated rings. The highest BCUT2D eigenvalue weighted by Crippen LogP contribution is 2.40. The number of nitrogen functional groups attached to an aromatic ring is 1. The SMILES string of the molecule is CC.Nc1ncccc1-c1nc2ccc(-c3ccccc3)nc2n1-c1ccc(CN2CC(CCNC=O)(CCc3ccc(O)c(C=O)c3)C2)cc1. The number of amides is 1. The zero-order valence-corrected chi connectivity index (χ0v) is 29.0. The number of aldehydes is 1. The third-order valence-corrected chi connectivity index (χ3v) is 9.42. The van der Waals surface area contributed by atoms with Crippen LogP contribution in [-0.4, -0.2) is 61.9 Å². The van der Waals surface area contributed by atoms with Gasteiger partial charge in [0.25, 0.3) is 0 Å². The van der Waals surface area contributed by atoms with Crippen LogP contribution in [0.1, 0.15) is 48.2 Å². The second kappa shape index (κ2) is 15.8. The van der Waals surface area contributed by atoms with Crippen molar-refractivity contribution in [3.63, 3.8) is 0 Å². The van der Waals surface area contributed by atoms with Crippen LogP contribution in [0.3, 0.4) is 0 Å². The first-order valence-corrected chi connectivity index (χ1v) is 17.4. The number of carbonyl (C=O) groups is 2. The predicted molar refractivity (Wildman–Crippen MR) is 202 cm³/mol. The fourth-order valence-electron chi connectivity index (χ4n) is 6.88. The number of phenols is 1. The molecule has 1 saturated heterocycles. The molecule has 0 unspecified atom stereocenters. The Bertz CT molecular complexity index is 2110. The molecule has 10 heteroatoms. The van der Waals surface area contributed by atoms with Crippen molar-refractivity contribution in [2.45, 2.75) is 39.7 Å². The van der Waals surface area contributed by atoms with Gasteiger partial charge in [0.05, 0.1) is 16.8 Å². The third kappa shape index (κ3) is 7.66. The zero-order valence-electron chi connectivity index (χ0n) is 29.0. The minimum absolute atomic E-state index is 0.00339. The minimum Gasteiger partial charge on any atom is -0.507 e. The van der Waals surface area contributed by atoms with E-state index < -0.39 is 0 Å². The van der Waals surface area contributed by atoms with Crippen LogP contribution in [0.5, 0.6) is 5.75 Å². The van der Waals surface area contributed by atoms with E-state index in [1.54, 1.807) is 18.3 Å². The van der Waals surface area contributed by atoms with Crippen molar-refractivity contribution in [1.29, 1.82) is 0 Å². The van der Waals surface area contributed by atoms with E-state index in [4.69, 9.17) is 15.7 Å². The Morgan fingerprint density at radius 2 is 1.65 bits per heavy atom. The number of nitrogens with two attached hydrogens (primary N) is 1. The average Bonchev–Trinajstić information content (AvgIpc) is 3.54. The summed E-state index contributed by atoms with van der Waals surface area (Å²) >= 11 is 0. The molecule has 3 aromatic heterocycles. The molecular weight excluding hydrogens is 638 g/mol. The summed E-state index contributed by atoms with van der Waals surface area (Å²) < 4.78 is 2.05. The first-order valence-electron chi connectivity index (χ1n) is 17.4. The Kier molecular flexibility index (Phi) is 10.8. The number of rotatable bonds is 13. The summed E-state index contributed by atoms with van der Waals surface area (Å²) in [5.41, 5.74) is 13.9. The van der Waals surface area contributed by atoms with Gasteiger partial charge >= 0.3 is 0 Å². The number of anilines is 1. The summed E-state index contributed by atoms with van der Waals surface area (Å²) in [5.74, 6) is 1.07. The molecule has 0 spiro atoms. The van der Waals surface area contributed by atoms with Gasteiger partial charge in [-0.1, -0.05) is 62.4 Å². The standard InChI is InChI=1S/C39H37N7O3.C2H6/c40-36-32(7-4-19-42-36)37-44-34-14-13-33(29-5-2-1-3-6-29)43-38(34)46(37)31-11-8-28(9-12-31)22-45-24-39(25-45,18-20-41-26-48)17-16-27-10-15-35(49)30(21-27)23-47;1-2/h1-15,19,21,23,26,49H,16-18,20,22,24-25H2,(H2,40,42)(H,41,48);1-2H3. The minimum atomic E-state index is -0.00339.